The zero-order valence-corrected chi connectivity index (χ0v) is 17.4. The van der Waals surface area contributed by atoms with Crippen LogP contribution in [0.1, 0.15) is 46.0 Å². The molecule has 9 heteroatoms. The molecule has 160 valence electrons. The molecular formula is C18H37N3O5S. The zero-order chi connectivity index (χ0) is 20.9. The Morgan fingerprint density at radius 1 is 1.33 bits per heavy atom. The normalized spacial score (nSPS) is 17.1. The molecule has 2 unspecified atom stereocenters. The minimum atomic E-state index is -2.01. The summed E-state index contributed by atoms with van der Waals surface area (Å²) in [6, 6.07) is 0.186. The van der Waals surface area contributed by atoms with Gasteiger partial charge in [0.25, 0.3) is 0 Å². The fourth-order valence-corrected chi connectivity index (χ4v) is 2.67. The van der Waals surface area contributed by atoms with Crippen LogP contribution < -0.4 is 16.8 Å². The topological polar surface area (TPSA) is 148 Å². The summed E-state index contributed by atoms with van der Waals surface area (Å²) in [6.07, 6.45) is 1.90. The summed E-state index contributed by atoms with van der Waals surface area (Å²) in [5, 5.41) is 21.5. The van der Waals surface area contributed by atoms with E-state index in [1.54, 1.807) is 0 Å². The van der Waals surface area contributed by atoms with Gasteiger partial charge >= 0.3 is 5.97 Å². The number of carboxylic acids is 1. The van der Waals surface area contributed by atoms with Crippen molar-refractivity contribution in [2.75, 3.05) is 32.1 Å². The number of hydrogen-bond acceptors (Lipinski definition) is 8. The Morgan fingerprint density at radius 2 is 2.00 bits per heavy atom. The lowest BCUT2D eigenvalue weighted by Gasteiger charge is -2.25. The van der Waals surface area contributed by atoms with Crippen molar-refractivity contribution in [2.45, 2.75) is 63.6 Å². The lowest BCUT2D eigenvalue weighted by Crippen LogP contribution is -2.55. The van der Waals surface area contributed by atoms with E-state index < -0.39 is 23.9 Å². The highest BCUT2D eigenvalue weighted by molar-refractivity contribution is 7.80. The Bertz CT molecular complexity index is 441. The van der Waals surface area contributed by atoms with E-state index in [0.717, 1.165) is 6.42 Å². The van der Waals surface area contributed by atoms with Crippen LogP contribution in [-0.4, -0.2) is 71.7 Å². The molecule has 0 aliphatic rings. The molecule has 0 amide bonds. The number of carbonyl (C=O) groups is 2. The molecule has 0 aromatic rings. The average Bonchev–Trinajstić information content (AvgIpc) is 2.65. The van der Waals surface area contributed by atoms with Crippen molar-refractivity contribution in [1.29, 1.82) is 0 Å². The number of rotatable bonds is 17. The van der Waals surface area contributed by atoms with Gasteiger partial charge in [-0.1, -0.05) is 20.3 Å². The van der Waals surface area contributed by atoms with Gasteiger partial charge in [0, 0.05) is 50.4 Å². The van der Waals surface area contributed by atoms with Crippen molar-refractivity contribution in [1.82, 2.24) is 5.32 Å². The van der Waals surface area contributed by atoms with E-state index in [-0.39, 0.29) is 24.9 Å². The molecule has 4 atom stereocenters. The first-order valence-electron chi connectivity index (χ1n) is 9.56. The van der Waals surface area contributed by atoms with Crippen molar-refractivity contribution in [3.8, 4) is 0 Å². The summed E-state index contributed by atoms with van der Waals surface area (Å²) in [5.41, 5.74) is 9.51. The van der Waals surface area contributed by atoms with Gasteiger partial charge in [0.15, 0.2) is 11.3 Å². The second kappa shape index (κ2) is 14.3. The van der Waals surface area contributed by atoms with Crippen LogP contribution in [0.3, 0.4) is 0 Å². The SMILES string of the molecule is CC[C@H](C)C(COCCCCC(=O)[C@](N)(CCO)C(=O)O)NCC(N)CS. The summed E-state index contributed by atoms with van der Waals surface area (Å²) in [7, 11) is 0. The number of unbranched alkanes of at least 4 members (excludes halogenated alkanes) is 1. The van der Waals surface area contributed by atoms with E-state index in [1.165, 1.54) is 0 Å². The van der Waals surface area contributed by atoms with Crippen LogP contribution in [0.4, 0.5) is 0 Å². The number of carboxylic acid groups (broad SMARTS) is 1. The smallest absolute Gasteiger partial charge is 0.331 e. The first kappa shape index (κ1) is 26.3. The average molecular weight is 408 g/mol. The Kier molecular flexibility index (Phi) is 13.9. The molecule has 0 rings (SSSR count). The first-order chi connectivity index (χ1) is 12.7. The Balaban J connectivity index is 4.20. The lowest BCUT2D eigenvalue weighted by molar-refractivity contribution is -0.149. The number of hydrogen-bond donors (Lipinski definition) is 6. The number of ketones is 1. The van der Waals surface area contributed by atoms with Crippen LogP contribution in [-0.2, 0) is 14.3 Å². The minimum absolute atomic E-state index is 0.00409. The van der Waals surface area contributed by atoms with Crippen molar-refractivity contribution < 1.29 is 24.5 Å². The van der Waals surface area contributed by atoms with Gasteiger partial charge in [-0.05, 0) is 18.8 Å². The maximum absolute atomic E-state index is 12.1. The van der Waals surface area contributed by atoms with Crippen LogP contribution in [0.15, 0.2) is 0 Å². The molecule has 0 fully saturated rings. The van der Waals surface area contributed by atoms with E-state index >= 15 is 0 Å². The van der Waals surface area contributed by atoms with Gasteiger partial charge < -0.3 is 31.7 Å². The Labute approximate surface area is 167 Å². The molecule has 0 aromatic heterocycles. The third-order valence-electron chi connectivity index (χ3n) is 4.83. The van der Waals surface area contributed by atoms with Crippen molar-refractivity contribution in [2.24, 2.45) is 17.4 Å². The number of aliphatic hydroxyl groups excluding tert-OH is 1. The van der Waals surface area contributed by atoms with E-state index in [2.05, 4.69) is 31.8 Å². The maximum Gasteiger partial charge on any atom is 0.331 e. The molecule has 7 N–H and O–H groups in total. The lowest BCUT2D eigenvalue weighted by atomic mass is 9.89. The van der Waals surface area contributed by atoms with Gasteiger partial charge in [0.1, 0.15) is 0 Å². The van der Waals surface area contributed by atoms with Crippen molar-refractivity contribution in [3.63, 3.8) is 0 Å². The molecular weight excluding hydrogens is 370 g/mol. The minimum Gasteiger partial charge on any atom is -0.480 e. The number of aliphatic hydroxyl groups is 1. The molecule has 0 radical (unpaired) electrons. The van der Waals surface area contributed by atoms with Gasteiger partial charge in [-0.2, -0.15) is 12.6 Å². The molecule has 0 aliphatic carbocycles. The monoisotopic (exact) mass is 407 g/mol. The van der Waals surface area contributed by atoms with Gasteiger partial charge in [-0.15, -0.1) is 0 Å². The second-order valence-electron chi connectivity index (χ2n) is 7.05. The molecule has 0 heterocycles. The molecule has 0 saturated heterocycles. The van der Waals surface area contributed by atoms with Gasteiger partial charge in [-0.25, -0.2) is 4.79 Å². The highest BCUT2D eigenvalue weighted by Gasteiger charge is 2.40. The fraction of sp³-hybridized carbons (Fsp3) is 0.889. The van der Waals surface area contributed by atoms with E-state index in [9.17, 15) is 9.59 Å². The van der Waals surface area contributed by atoms with Crippen LogP contribution in [0.25, 0.3) is 0 Å². The standard InChI is InChI=1S/C18H37N3O5S/c1-3-13(2)15(21-10-14(19)12-27)11-26-9-5-4-6-16(23)18(20,7-8-22)17(24)25/h13-15,21-22,27H,3-12,19-20H2,1-2H3,(H,24,25)/t13-,14?,15?,18+/m0/s1. The van der Waals surface area contributed by atoms with Crippen LogP contribution in [0.5, 0.6) is 0 Å². The summed E-state index contributed by atoms with van der Waals surface area (Å²) in [6.45, 7) is 5.53. The predicted octanol–water partition coefficient (Wildman–Crippen LogP) is 0.168. The second-order valence-corrected chi connectivity index (χ2v) is 7.41. The Hall–Kier alpha value is -0.710. The molecule has 27 heavy (non-hydrogen) atoms. The molecule has 8 nitrogen and oxygen atoms in total. The van der Waals surface area contributed by atoms with Crippen LogP contribution in [0.2, 0.25) is 0 Å². The number of thiol groups is 1. The quantitative estimate of drug-likeness (QED) is 0.114. The van der Waals surface area contributed by atoms with Crippen molar-refractivity contribution in [3.05, 3.63) is 0 Å². The number of ether oxygens (including phenoxy) is 1. The zero-order valence-electron chi connectivity index (χ0n) is 16.5. The summed E-state index contributed by atoms with van der Waals surface area (Å²) in [5.74, 6) is -0.918. The molecule has 0 saturated carbocycles. The summed E-state index contributed by atoms with van der Waals surface area (Å²) >= 11 is 4.18. The van der Waals surface area contributed by atoms with Crippen LogP contribution in [0, 0.1) is 5.92 Å². The third kappa shape index (κ3) is 9.87. The summed E-state index contributed by atoms with van der Waals surface area (Å²) in [4.78, 5) is 23.2. The Morgan fingerprint density at radius 3 is 2.52 bits per heavy atom. The third-order valence-corrected chi connectivity index (χ3v) is 5.30. The predicted molar refractivity (Wildman–Crippen MR) is 109 cm³/mol. The van der Waals surface area contributed by atoms with Gasteiger partial charge in [-0.3, -0.25) is 4.79 Å². The number of nitrogens with one attached hydrogen (secondary N) is 1. The number of aliphatic carboxylic acids is 1. The molecule has 0 aliphatic heterocycles. The molecule has 0 spiro atoms. The number of Topliss-reactive ketones (excluding diaryl/α,β-unsaturated/α-hetero) is 1. The highest BCUT2D eigenvalue weighted by Crippen LogP contribution is 2.14. The largest absolute Gasteiger partial charge is 0.480 e. The molecule has 0 aromatic carbocycles. The van der Waals surface area contributed by atoms with Crippen molar-refractivity contribution >= 4 is 24.4 Å². The van der Waals surface area contributed by atoms with Gasteiger partial charge in [0.05, 0.1) is 6.61 Å². The van der Waals surface area contributed by atoms with E-state index in [4.69, 9.17) is 26.4 Å². The van der Waals surface area contributed by atoms with Crippen LogP contribution >= 0.6 is 12.6 Å². The number of nitrogens with two attached hydrogens (primary N) is 2. The van der Waals surface area contributed by atoms with E-state index in [1.807, 2.05) is 0 Å². The summed E-state index contributed by atoms with van der Waals surface area (Å²) < 4.78 is 5.73. The molecule has 0 bridgehead atoms. The number of carbonyl (C=O) groups excluding carboxylic acids is 1. The fourth-order valence-electron chi connectivity index (χ4n) is 2.54. The van der Waals surface area contributed by atoms with Gasteiger partial charge in [0.2, 0.25) is 0 Å². The maximum atomic E-state index is 12.1. The highest BCUT2D eigenvalue weighted by atomic mass is 32.1. The first-order valence-corrected chi connectivity index (χ1v) is 10.2. The van der Waals surface area contributed by atoms with E-state index in [0.29, 0.717) is 44.3 Å².